The molecule has 28 heavy (non-hydrogen) atoms. The Morgan fingerprint density at radius 3 is 2.46 bits per heavy atom. The molecule has 1 fully saturated rings. The van der Waals surface area contributed by atoms with E-state index in [-0.39, 0.29) is 24.0 Å². The summed E-state index contributed by atoms with van der Waals surface area (Å²) in [5, 5.41) is 7.89. The maximum atomic E-state index is 12.5. The van der Waals surface area contributed by atoms with Gasteiger partial charge in [0, 0.05) is 58.1 Å². The summed E-state index contributed by atoms with van der Waals surface area (Å²) in [6, 6.07) is 0. The van der Waals surface area contributed by atoms with Gasteiger partial charge in [0.1, 0.15) is 0 Å². The van der Waals surface area contributed by atoms with E-state index >= 15 is 0 Å². The number of unbranched alkanes of at least 4 members (excludes halogenated alkanes) is 1. The second kappa shape index (κ2) is 12.8. The first-order valence-corrected chi connectivity index (χ1v) is 10.1. The van der Waals surface area contributed by atoms with Crippen LogP contribution >= 0.6 is 35.3 Å². The molecule has 1 saturated heterocycles. The van der Waals surface area contributed by atoms with Crippen molar-refractivity contribution in [2.45, 2.75) is 25.4 Å². The van der Waals surface area contributed by atoms with E-state index in [1.807, 2.05) is 0 Å². The van der Waals surface area contributed by atoms with Crippen molar-refractivity contribution in [3.63, 3.8) is 0 Å². The number of halogens is 4. The first kappa shape index (κ1) is 25.4. The number of hydrogen-bond acceptors (Lipinski definition) is 5. The summed E-state index contributed by atoms with van der Waals surface area (Å²) in [4.78, 5) is 12.6. The van der Waals surface area contributed by atoms with Gasteiger partial charge in [-0.1, -0.05) is 0 Å². The van der Waals surface area contributed by atoms with Crippen LogP contribution in [0.1, 0.15) is 23.5 Å². The van der Waals surface area contributed by atoms with Crippen molar-refractivity contribution < 1.29 is 13.2 Å². The van der Waals surface area contributed by atoms with Crippen LogP contribution in [0.5, 0.6) is 0 Å². The van der Waals surface area contributed by atoms with Crippen molar-refractivity contribution in [3.8, 4) is 0 Å². The Morgan fingerprint density at radius 2 is 1.86 bits per heavy atom. The fraction of sp³-hybridized carbons (Fsp3) is 0.765. The number of hydrogen-bond donors (Lipinski definition) is 2. The molecule has 0 saturated carbocycles. The van der Waals surface area contributed by atoms with Gasteiger partial charge in [-0.3, -0.25) is 4.99 Å². The van der Waals surface area contributed by atoms with Crippen molar-refractivity contribution in [1.82, 2.24) is 25.4 Å². The molecular weight excluding hydrogens is 504 g/mol. The van der Waals surface area contributed by atoms with E-state index in [1.54, 1.807) is 7.05 Å². The standard InChI is InChI=1S/C17H29F3N6S.HI/c1-21-16(22-6-3-4-8-26-11-9-25(2)10-12-26)23-7-5-15-24-14(13-27-15)17(18,19)20;/h13H,3-12H2,1-2H3,(H2,21,22,23);1H. The largest absolute Gasteiger partial charge is 0.434 e. The zero-order chi connectivity index (χ0) is 19.7. The molecule has 0 unspecified atom stereocenters. The molecule has 2 rings (SSSR count). The highest BCUT2D eigenvalue weighted by atomic mass is 127. The molecule has 1 aliphatic heterocycles. The van der Waals surface area contributed by atoms with Crippen LogP contribution in [0.4, 0.5) is 13.2 Å². The monoisotopic (exact) mass is 534 g/mol. The predicted octanol–water partition coefficient (Wildman–Crippen LogP) is 2.52. The van der Waals surface area contributed by atoms with Crippen LogP contribution in [0.25, 0.3) is 0 Å². The van der Waals surface area contributed by atoms with Crippen LogP contribution in [-0.2, 0) is 12.6 Å². The normalized spacial score (nSPS) is 16.7. The number of nitrogens with zero attached hydrogens (tertiary/aromatic N) is 4. The summed E-state index contributed by atoms with van der Waals surface area (Å²) in [5.74, 6) is 0.669. The highest BCUT2D eigenvalue weighted by Gasteiger charge is 2.33. The van der Waals surface area contributed by atoms with E-state index < -0.39 is 11.9 Å². The number of thiazole rings is 1. The summed E-state index contributed by atoms with van der Waals surface area (Å²) in [6.07, 6.45) is -1.75. The highest BCUT2D eigenvalue weighted by Crippen LogP contribution is 2.29. The average molecular weight is 534 g/mol. The smallest absolute Gasteiger partial charge is 0.356 e. The van der Waals surface area contributed by atoms with E-state index in [4.69, 9.17) is 0 Å². The number of aliphatic imine (C=N–C) groups is 1. The number of nitrogens with one attached hydrogen (secondary N) is 2. The molecule has 2 heterocycles. The lowest BCUT2D eigenvalue weighted by molar-refractivity contribution is -0.140. The number of rotatable bonds is 8. The Balaban J connectivity index is 0.00000392. The Bertz CT molecular complexity index is 588. The van der Waals surface area contributed by atoms with Gasteiger partial charge in [-0.05, 0) is 26.4 Å². The van der Waals surface area contributed by atoms with E-state index in [2.05, 4.69) is 37.5 Å². The molecule has 11 heteroatoms. The molecule has 0 spiro atoms. The lowest BCUT2D eigenvalue weighted by atomic mass is 10.2. The third-order valence-electron chi connectivity index (χ3n) is 4.49. The van der Waals surface area contributed by atoms with E-state index in [1.165, 1.54) is 0 Å². The molecule has 6 nitrogen and oxygen atoms in total. The summed E-state index contributed by atoms with van der Waals surface area (Å²) < 4.78 is 37.6. The van der Waals surface area contributed by atoms with Gasteiger partial charge >= 0.3 is 6.18 Å². The Kier molecular flexibility index (Phi) is 11.6. The van der Waals surface area contributed by atoms with Crippen molar-refractivity contribution in [1.29, 1.82) is 0 Å². The molecule has 1 aliphatic rings. The van der Waals surface area contributed by atoms with Gasteiger partial charge in [0.15, 0.2) is 11.7 Å². The van der Waals surface area contributed by atoms with Gasteiger partial charge in [0.05, 0.1) is 5.01 Å². The third-order valence-corrected chi connectivity index (χ3v) is 5.40. The van der Waals surface area contributed by atoms with Crippen LogP contribution in [-0.4, -0.2) is 80.7 Å². The van der Waals surface area contributed by atoms with Crippen LogP contribution in [0, 0.1) is 0 Å². The fourth-order valence-electron chi connectivity index (χ4n) is 2.80. The van der Waals surface area contributed by atoms with Gasteiger partial charge < -0.3 is 20.4 Å². The number of piperazine rings is 1. The van der Waals surface area contributed by atoms with Gasteiger partial charge in [-0.15, -0.1) is 35.3 Å². The van der Waals surface area contributed by atoms with E-state index in [9.17, 15) is 13.2 Å². The molecule has 0 amide bonds. The Hall–Kier alpha value is -0.660. The van der Waals surface area contributed by atoms with Crippen LogP contribution in [0.3, 0.4) is 0 Å². The minimum Gasteiger partial charge on any atom is -0.356 e. The Morgan fingerprint density at radius 1 is 1.18 bits per heavy atom. The lowest BCUT2D eigenvalue weighted by Gasteiger charge is -2.32. The maximum absolute atomic E-state index is 12.5. The summed E-state index contributed by atoms with van der Waals surface area (Å²) in [5.41, 5.74) is -0.814. The van der Waals surface area contributed by atoms with Gasteiger partial charge in [-0.25, -0.2) is 4.98 Å². The Labute approximate surface area is 186 Å². The van der Waals surface area contributed by atoms with Crippen molar-refractivity contribution in [2.24, 2.45) is 4.99 Å². The zero-order valence-corrected chi connectivity index (χ0v) is 19.5. The SMILES string of the molecule is CN=C(NCCCCN1CCN(C)CC1)NCCc1nc(C(F)(F)F)cs1.I. The molecule has 0 bridgehead atoms. The van der Waals surface area contributed by atoms with Crippen LogP contribution < -0.4 is 10.6 Å². The van der Waals surface area contributed by atoms with E-state index in [0.717, 1.165) is 68.8 Å². The minimum atomic E-state index is -4.37. The van der Waals surface area contributed by atoms with Crippen molar-refractivity contribution in [2.75, 3.05) is 59.9 Å². The number of alkyl halides is 3. The molecule has 0 aromatic carbocycles. The van der Waals surface area contributed by atoms with Gasteiger partial charge in [0.2, 0.25) is 0 Å². The first-order valence-electron chi connectivity index (χ1n) is 9.25. The fourth-order valence-corrected chi connectivity index (χ4v) is 3.61. The topological polar surface area (TPSA) is 55.8 Å². The molecule has 0 aliphatic carbocycles. The third kappa shape index (κ3) is 9.23. The second-order valence-electron chi connectivity index (χ2n) is 6.65. The molecule has 1 aromatic heterocycles. The lowest BCUT2D eigenvalue weighted by Crippen LogP contribution is -2.44. The summed E-state index contributed by atoms with van der Waals surface area (Å²) in [6.45, 7) is 6.98. The molecule has 1 aromatic rings. The van der Waals surface area contributed by atoms with Gasteiger partial charge in [-0.2, -0.15) is 13.2 Å². The molecular formula is C17H30F3IN6S. The minimum absolute atomic E-state index is 0. The molecule has 0 radical (unpaired) electrons. The van der Waals surface area contributed by atoms with Gasteiger partial charge in [0.25, 0.3) is 0 Å². The first-order chi connectivity index (χ1) is 12.9. The number of guanidine groups is 1. The summed E-state index contributed by atoms with van der Waals surface area (Å²) >= 11 is 1.03. The molecule has 0 atom stereocenters. The zero-order valence-electron chi connectivity index (χ0n) is 16.4. The highest BCUT2D eigenvalue weighted by molar-refractivity contribution is 14.0. The van der Waals surface area contributed by atoms with Crippen molar-refractivity contribution in [3.05, 3.63) is 16.1 Å². The average Bonchev–Trinajstić information content (AvgIpc) is 3.11. The van der Waals surface area contributed by atoms with E-state index in [0.29, 0.717) is 23.9 Å². The molecule has 162 valence electrons. The predicted molar refractivity (Wildman–Crippen MR) is 119 cm³/mol. The van der Waals surface area contributed by atoms with Crippen LogP contribution in [0.2, 0.25) is 0 Å². The maximum Gasteiger partial charge on any atom is 0.434 e. The summed E-state index contributed by atoms with van der Waals surface area (Å²) in [7, 11) is 3.84. The van der Waals surface area contributed by atoms with Crippen molar-refractivity contribution >= 4 is 41.3 Å². The van der Waals surface area contributed by atoms with Crippen LogP contribution in [0.15, 0.2) is 10.4 Å². The number of likely N-dealkylation sites (N-methyl/N-ethyl adjacent to an activating group) is 1. The second-order valence-corrected chi connectivity index (χ2v) is 7.59. The quantitative estimate of drug-likeness (QED) is 0.233. The number of aromatic nitrogens is 1. The molecule has 2 N–H and O–H groups in total.